The first-order valence-corrected chi connectivity index (χ1v) is 9.50. The molecule has 0 unspecified atom stereocenters. The van der Waals surface area contributed by atoms with E-state index in [2.05, 4.69) is 18.9 Å². The third kappa shape index (κ3) is 3.28. The number of aryl methyl sites for hydroxylation is 1. The van der Waals surface area contributed by atoms with Crippen molar-refractivity contribution >= 4 is 21.8 Å². The predicted molar refractivity (Wildman–Crippen MR) is 86.1 cm³/mol. The van der Waals surface area contributed by atoms with E-state index in [-0.39, 0.29) is 4.75 Å². The molecule has 1 aromatic heterocycles. The number of hydrogen-bond acceptors (Lipinski definition) is 5. The Bertz CT molecular complexity index is 622. The van der Waals surface area contributed by atoms with Crippen molar-refractivity contribution in [3.63, 3.8) is 0 Å². The fourth-order valence-electron chi connectivity index (χ4n) is 2.70. The molecule has 0 amide bonds. The lowest BCUT2D eigenvalue weighted by molar-refractivity contribution is 0.387. The zero-order chi connectivity index (χ0) is 15.8. The molecule has 0 radical (unpaired) electrons. The summed E-state index contributed by atoms with van der Waals surface area (Å²) in [5, 5.41) is 4.32. The van der Waals surface area contributed by atoms with Crippen LogP contribution in [0.2, 0.25) is 0 Å². The van der Waals surface area contributed by atoms with Gasteiger partial charge in [0.1, 0.15) is 4.90 Å². The molecule has 0 aliphatic carbocycles. The molecule has 1 saturated heterocycles. The van der Waals surface area contributed by atoms with Crippen LogP contribution in [-0.4, -0.2) is 52.6 Å². The molecule has 1 fully saturated rings. The number of sulfonamides is 1. The van der Waals surface area contributed by atoms with Crippen molar-refractivity contribution in [2.45, 2.75) is 43.9 Å². The van der Waals surface area contributed by atoms with Crippen LogP contribution in [0.25, 0.3) is 0 Å². The van der Waals surface area contributed by atoms with Gasteiger partial charge < -0.3 is 5.73 Å². The van der Waals surface area contributed by atoms with Crippen molar-refractivity contribution in [2.75, 3.05) is 25.4 Å². The van der Waals surface area contributed by atoms with Crippen molar-refractivity contribution < 1.29 is 8.42 Å². The molecule has 6 nitrogen and oxygen atoms in total. The highest BCUT2D eigenvalue weighted by Crippen LogP contribution is 2.33. The number of rotatable bonds is 4. The summed E-state index contributed by atoms with van der Waals surface area (Å²) in [6.45, 7) is 9.76. The van der Waals surface area contributed by atoms with Gasteiger partial charge in [0.05, 0.1) is 17.9 Å². The second-order valence-electron chi connectivity index (χ2n) is 5.96. The highest BCUT2D eigenvalue weighted by atomic mass is 32.2. The molecule has 0 atom stereocenters. The fourth-order valence-corrected chi connectivity index (χ4v) is 5.99. The maximum absolute atomic E-state index is 13.0. The second-order valence-corrected chi connectivity index (χ2v) is 9.64. The van der Waals surface area contributed by atoms with Gasteiger partial charge in [0, 0.05) is 30.1 Å². The Kier molecular flexibility index (Phi) is 4.72. The smallest absolute Gasteiger partial charge is 0.246 e. The summed E-state index contributed by atoms with van der Waals surface area (Å²) in [6, 6.07) is 0. The Hall–Kier alpha value is -0.570. The Morgan fingerprint density at radius 1 is 1.38 bits per heavy atom. The first-order valence-electron chi connectivity index (χ1n) is 7.07. The lowest BCUT2D eigenvalue weighted by atomic mass is 10.2. The van der Waals surface area contributed by atoms with E-state index in [4.69, 9.17) is 5.73 Å². The molecule has 0 saturated carbocycles. The van der Waals surface area contributed by atoms with E-state index in [1.54, 1.807) is 22.8 Å². The number of thioether (sulfide) groups is 1. The van der Waals surface area contributed by atoms with Crippen molar-refractivity contribution in [1.82, 2.24) is 14.1 Å². The normalized spacial score (nSPS) is 19.9. The van der Waals surface area contributed by atoms with E-state index >= 15 is 0 Å². The summed E-state index contributed by atoms with van der Waals surface area (Å²) in [7, 11) is -3.50. The van der Waals surface area contributed by atoms with Crippen LogP contribution >= 0.6 is 11.8 Å². The van der Waals surface area contributed by atoms with Gasteiger partial charge >= 0.3 is 0 Å². The molecular formula is C13H24N4O2S2. The van der Waals surface area contributed by atoms with Gasteiger partial charge in [-0.3, -0.25) is 4.68 Å². The molecule has 2 heterocycles. The minimum Gasteiger partial charge on any atom is -0.329 e. The van der Waals surface area contributed by atoms with Crippen LogP contribution in [0.3, 0.4) is 0 Å². The summed E-state index contributed by atoms with van der Waals surface area (Å²) < 4.78 is 29.2. The quantitative estimate of drug-likeness (QED) is 0.889. The van der Waals surface area contributed by atoms with Gasteiger partial charge in [-0.1, -0.05) is 0 Å². The fraction of sp³-hybridized carbons (Fsp3) is 0.769. The number of nitrogens with zero attached hydrogens (tertiary/aromatic N) is 3. The maximum atomic E-state index is 13.0. The third-order valence-electron chi connectivity index (χ3n) is 3.64. The number of nitrogens with two attached hydrogens (primary N) is 1. The monoisotopic (exact) mass is 332 g/mol. The van der Waals surface area contributed by atoms with E-state index in [0.29, 0.717) is 42.5 Å². The molecule has 1 aromatic rings. The van der Waals surface area contributed by atoms with Crippen LogP contribution in [0, 0.1) is 13.8 Å². The van der Waals surface area contributed by atoms with Gasteiger partial charge in [0.2, 0.25) is 10.0 Å². The predicted octanol–water partition coefficient (Wildman–Crippen LogP) is 0.975. The molecule has 120 valence electrons. The van der Waals surface area contributed by atoms with Gasteiger partial charge in [0.25, 0.3) is 0 Å². The van der Waals surface area contributed by atoms with Gasteiger partial charge in [0.15, 0.2) is 0 Å². The first-order chi connectivity index (χ1) is 9.69. The average Bonchev–Trinajstić information content (AvgIpc) is 2.64. The van der Waals surface area contributed by atoms with E-state index in [1.165, 1.54) is 0 Å². The number of hydrogen-bond donors (Lipinski definition) is 1. The third-order valence-corrected chi connectivity index (χ3v) is 7.04. The molecule has 0 aromatic carbocycles. The van der Waals surface area contributed by atoms with E-state index in [0.717, 1.165) is 5.75 Å². The lowest BCUT2D eigenvalue weighted by Gasteiger charge is -2.36. The Balaban J connectivity index is 2.40. The molecule has 0 spiro atoms. The molecule has 1 aliphatic heterocycles. The van der Waals surface area contributed by atoms with Crippen LogP contribution in [0.15, 0.2) is 4.90 Å². The molecule has 0 bridgehead atoms. The standard InChI is InChI=1S/C13H24N4O2S2/c1-10-12(11(2)17(15-10)6-5-14)21(18,19)16-7-8-20-13(3,4)9-16/h5-9,14H2,1-4H3. The Labute approximate surface area is 131 Å². The molecule has 1 aliphatic rings. The summed E-state index contributed by atoms with van der Waals surface area (Å²) in [4.78, 5) is 0.346. The van der Waals surface area contributed by atoms with Crippen molar-refractivity contribution in [3.05, 3.63) is 11.4 Å². The van der Waals surface area contributed by atoms with Gasteiger partial charge in [-0.05, 0) is 27.7 Å². The minimum absolute atomic E-state index is 0.0552. The van der Waals surface area contributed by atoms with Crippen LogP contribution < -0.4 is 5.73 Å². The van der Waals surface area contributed by atoms with Crippen molar-refractivity contribution in [2.24, 2.45) is 5.73 Å². The Morgan fingerprint density at radius 2 is 2.05 bits per heavy atom. The molecule has 21 heavy (non-hydrogen) atoms. The van der Waals surface area contributed by atoms with Crippen LogP contribution in [0.4, 0.5) is 0 Å². The van der Waals surface area contributed by atoms with Crippen molar-refractivity contribution in [3.8, 4) is 0 Å². The summed E-state index contributed by atoms with van der Waals surface area (Å²) in [5.41, 5.74) is 6.78. The summed E-state index contributed by atoms with van der Waals surface area (Å²) in [5.74, 6) is 0.821. The first kappa shape index (κ1) is 16.8. The topological polar surface area (TPSA) is 81.2 Å². The minimum atomic E-state index is -3.50. The van der Waals surface area contributed by atoms with Gasteiger partial charge in [-0.25, -0.2) is 8.42 Å². The largest absolute Gasteiger partial charge is 0.329 e. The lowest BCUT2D eigenvalue weighted by Crippen LogP contribution is -2.46. The summed E-state index contributed by atoms with van der Waals surface area (Å²) in [6.07, 6.45) is 0. The SMILES string of the molecule is Cc1nn(CCN)c(C)c1S(=O)(=O)N1CCSC(C)(C)C1. The van der Waals surface area contributed by atoms with Gasteiger partial charge in [-0.2, -0.15) is 21.2 Å². The van der Waals surface area contributed by atoms with Crippen LogP contribution in [0.5, 0.6) is 0 Å². The zero-order valence-corrected chi connectivity index (χ0v) is 14.7. The highest BCUT2D eigenvalue weighted by Gasteiger charge is 2.37. The van der Waals surface area contributed by atoms with E-state index in [1.807, 2.05) is 11.8 Å². The van der Waals surface area contributed by atoms with Gasteiger partial charge in [-0.15, -0.1) is 0 Å². The van der Waals surface area contributed by atoms with Crippen molar-refractivity contribution in [1.29, 1.82) is 0 Å². The van der Waals surface area contributed by atoms with E-state index in [9.17, 15) is 8.42 Å². The maximum Gasteiger partial charge on any atom is 0.246 e. The second kappa shape index (κ2) is 5.91. The Morgan fingerprint density at radius 3 is 2.62 bits per heavy atom. The highest BCUT2D eigenvalue weighted by molar-refractivity contribution is 8.00. The average molecular weight is 332 g/mol. The van der Waals surface area contributed by atoms with Crippen LogP contribution in [-0.2, 0) is 16.6 Å². The zero-order valence-electron chi connectivity index (χ0n) is 13.1. The number of aromatic nitrogens is 2. The van der Waals surface area contributed by atoms with Crippen LogP contribution in [0.1, 0.15) is 25.2 Å². The van der Waals surface area contributed by atoms with E-state index < -0.39 is 10.0 Å². The molecule has 2 rings (SSSR count). The molecule has 8 heteroatoms. The molecule has 2 N–H and O–H groups in total. The molecular weight excluding hydrogens is 308 g/mol. The summed E-state index contributed by atoms with van der Waals surface area (Å²) >= 11 is 1.81.